The van der Waals surface area contributed by atoms with Crippen LogP contribution in [0.1, 0.15) is 23.0 Å². The van der Waals surface area contributed by atoms with Crippen molar-refractivity contribution >= 4 is 17.6 Å². The Hall–Kier alpha value is -2.56. The van der Waals surface area contributed by atoms with Crippen molar-refractivity contribution in [3.63, 3.8) is 0 Å². The van der Waals surface area contributed by atoms with Crippen LogP contribution in [0.2, 0.25) is 0 Å². The minimum absolute atomic E-state index is 0.0248. The van der Waals surface area contributed by atoms with Gasteiger partial charge < -0.3 is 4.42 Å². The summed E-state index contributed by atoms with van der Waals surface area (Å²) in [6, 6.07) is 10.4. The van der Waals surface area contributed by atoms with Gasteiger partial charge in [-0.15, -0.1) is 0 Å². The maximum absolute atomic E-state index is 12.3. The molecule has 102 valence electrons. The molecule has 0 fully saturated rings. The highest BCUT2D eigenvalue weighted by atomic mass is 16.3. The standard InChI is InChI=1S/C15H14N2O3/c1-10-9-11-5-2-3-6-12(11)17(10)15(19)16-14(18)13-7-4-8-20-13/h2-8,10H,9H2,1H3,(H,16,18,19). The Bertz CT molecular complexity index is 649. The molecule has 5 nitrogen and oxygen atoms in total. The summed E-state index contributed by atoms with van der Waals surface area (Å²) in [4.78, 5) is 25.7. The molecule has 3 rings (SSSR count). The number of hydrogen-bond donors (Lipinski definition) is 1. The fourth-order valence-electron chi connectivity index (χ4n) is 2.50. The van der Waals surface area contributed by atoms with E-state index in [1.807, 2.05) is 31.2 Å². The number of rotatable bonds is 1. The molecule has 20 heavy (non-hydrogen) atoms. The quantitative estimate of drug-likeness (QED) is 0.866. The van der Waals surface area contributed by atoms with Gasteiger partial charge in [0.1, 0.15) is 0 Å². The lowest BCUT2D eigenvalue weighted by atomic mass is 10.1. The van der Waals surface area contributed by atoms with E-state index in [2.05, 4.69) is 5.32 Å². The fraction of sp³-hybridized carbons (Fsp3) is 0.200. The number of urea groups is 1. The summed E-state index contributed by atoms with van der Waals surface area (Å²) >= 11 is 0. The Morgan fingerprint density at radius 2 is 2.05 bits per heavy atom. The lowest BCUT2D eigenvalue weighted by molar-refractivity contribution is 0.0938. The van der Waals surface area contributed by atoms with Gasteiger partial charge in [-0.3, -0.25) is 15.0 Å². The second-order valence-electron chi connectivity index (χ2n) is 4.79. The Kier molecular flexibility index (Phi) is 3.02. The summed E-state index contributed by atoms with van der Waals surface area (Å²) in [5.74, 6) is -0.407. The summed E-state index contributed by atoms with van der Waals surface area (Å²) in [6.45, 7) is 1.96. The van der Waals surface area contributed by atoms with Crippen molar-refractivity contribution < 1.29 is 14.0 Å². The van der Waals surface area contributed by atoms with Crippen LogP contribution in [0, 0.1) is 0 Å². The smallest absolute Gasteiger partial charge is 0.329 e. The zero-order valence-electron chi connectivity index (χ0n) is 11.0. The van der Waals surface area contributed by atoms with Crippen LogP contribution in [0.25, 0.3) is 0 Å². The van der Waals surface area contributed by atoms with Crippen LogP contribution < -0.4 is 10.2 Å². The molecule has 1 N–H and O–H groups in total. The molecule has 3 amide bonds. The molecule has 2 heterocycles. The van der Waals surface area contributed by atoms with Crippen molar-refractivity contribution in [1.82, 2.24) is 5.32 Å². The van der Waals surface area contributed by atoms with Gasteiger partial charge in [0.05, 0.1) is 6.26 Å². The number of amides is 3. The molecule has 0 saturated heterocycles. The van der Waals surface area contributed by atoms with E-state index in [4.69, 9.17) is 4.42 Å². The van der Waals surface area contributed by atoms with Gasteiger partial charge in [-0.2, -0.15) is 0 Å². The maximum atomic E-state index is 12.3. The van der Waals surface area contributed by atoms with Gasteiger partial charge in [-0.25, -0.2) is 4.79 Å². The van der Waals surface area contributed by atoms with Gasteiger partial charge >= 0.3 is 6.03 Å². The lowest BCUT2D eigenvalue weighted by Crippen LogP contribution is -2.45. The number of fused-ring (bicyclic) bond motifs is 1. The van der Waals surface area contributed by atoms with Gasteiger partial charge in [0, 0.05) is 11.7 Å². The van der Waals surface area contributed by atoms with E-state index in [-0.39, 0.29) is 11.8 Å². The lowest BCUT2D eigenvalue weighted by Gasteiger charge is -2.22. The molecular weight excluding hydrogens is 256 g/mol. The van der Waals surface area contributed by atoms with E-state index in [0.29, 0.717) is 0 Å². The van der Waals surface area contributed by atoms with Crippen LogP contribution in [0.4, 0.5) is 10.5 Å². The van der Waals surface area contributed by atoms with E-state index in [0.717, 1.165) is 17.7 Å². The number of furan rings is 1. The minimum Gasteiger partial charge on any atom is -0.459 e. The Balaban J connectivity index is 1.79. The van der Waals surface area contributed by atoms with Gasteiger partial charge in [0.15, 0.2) is 5.76 Å². The second kappa shape index (κ2) is 4.85. The van der Waals surface area contributed by atoms with Crippen LogP contribution in [0.15, 0.2) is 47.1 Å². The number of imide groups is 1. The molecule has 0 radical (unpaired) electrons. The van der Waals surface area contributed by atoms with Crippen molar-refractivity contribution in [3.8, 4) is 0 Å². The summed E-state index contributed by atoms with van der Waals surface area (Å²) in [5.41, 5.74) is 1.96. The van der Waals surface area contributed by atoms with Crippen LogP contribution >= 0.6 is 0 Å². The largest absolute Gasteiger partial charge is 0.459 e. The number of hydrogen-bond acceptors (Lipinski definition) is 3. The molecule has 1 aromatic carbocycles. The van der Waals surface area contributed by atoms with Gasteiger partial charge in [-0.1, -0.05) is 18.2 Å². The summed E-state index contributed by atoms with van der Waals surface area (Å²) in [7, 11) is 0. The average molecular weight is 270 g/mol. The Morgan fingerprint density at radius 3 is 2.80 bits per heavy atom. The van der Waals surface area contributed by atoms with Crippen LogP contribution in [-0.4, -0.2) is 18.0 Å². The highest BCUT2D eigenvalue weighted by Gasteiger charge is 2.31. The number of carbonyl (C=O) groups excluding carboxylic acids is 2. The number of carbonyl (C=O) groups is 2. The SMILES string of the molecule is CC1Cc2ccccc2N1C(=O)NC(=O)c1ccco1. The van der Waals surface area contributed by atoms with Crippen LogP contribution in [0.5, 0.6) is 0 Å². The molecule has 1 aliphatic rings. The van der Waals surface area contributed by atoms with Crippen LogP contribution in [-0.2, 0) is 6.42 Å². The van der Waals surface area contributed by atoms with Crippen molar-refractivity contribution in [2.24, 2.45) is 0 Å². The minimum atomic E-state index is -0.531. The normalized spacial score (nSPS) is 16.9. The van der Waals surface area contributed by atoms with Crippen LogP contribution in [0.3, 0.4) is 0 Å². The van der Waals surface area contributed by atoms with E-state index in [1.54, 1.807) is 11.0 Å². The molecule has 1 unspecified atom stereocenters. The van der Waals surface area contributed by atoms with E-state index in [9.17, 15) is 9.59 Å². The number of anilines is 1. The van der Waals surface area contributed by atoms with E-state index < -0.39 is 11.9 Å². The molecular formula is C15H14N2O3. The van der Waals surface area contributed by atoms with Crippen molar-refractivity contribution in [1.29, 1.82) is 0 Å². The van der Waals surface area contributed by atoms with E-state index in [1.165, 1.54) is 12.3 Å². The first-order valence-corrected chi connectivity index (χ1v) is 6.43. The summed E-state index contributed by atoms with van der Waals surface area (Å²) in [5, 5.41) is 2.35. The maximum Gasteiger partial charge on any atom is 0.329 e. The molecule has 0 spiro atoms. The predicted octanol–water partition coefficient (Wildman–Crippen LogP) is 2.58. The third-order valence-corrected chi connectivity index (χ3v) is 3.39. The van der Waals surface area contributed by atoms with Gasteiger partial charge in [-0.05, 0) is 37.1 Å². The molecule has 0 bridgehead atoms. The van der Waals surface area contributed by atoms with E-state index >= 15 is 0 Å². The number of nitrogens with one attached hydrogen (secondary N) is 1. The molecule has 1 aliphatic heterocycles. The molecule has 0 aliphatic carbocycles. The summed E-state index contributed by atoms with van der Waals surface area (Å²) in [6.07, 6.45) is 2.19. The first kappa shape index (κ1) is 12.5. The zero-order chi connectivity index (χ0) is 14.1. The average Bonchev–Trinajstić information content (AvgIpc) is 3.04. The third-order valence-electron chi connectivity index (χ3n) is 3.39. The number of benzene rings is 1. The van der Waals surface area contributed by atoms with Gasteiger partial charge in [0.2, 0.25) is 0 Å². The van der Waals surface area contributed by atoms with Crippen molar-refractivity contribution in [2.45, 2.75) is 19.4 Å². The third kappa shape index (κ3) is 2.07. The number of nitrogens with zero attached hydrogens (tertiary/aromatic N) is 1. The predicted molar refractivity (Wildman–Crippen MR) is 73.7 cm³/mol. The Morgan fingerprint density at radius 1 is 1.25 bits per heavy atom. The number of para-hydroxylation sites is 1. The highest BCUT2D eigenvalue weighted by Crippen LogP contribution is 2.31. The first-order valence-electron chi connectivity index (χ1n) is 6.43. The summed E-state index contributed by atoms with van der Waals surface area (Å²) < 4.78 is 4.97. The van der Waals surface area contributed by atoms with Crippen molar-refractivity contribution in [2.75, 3.05) is 4.90 Å². The highest BCUT2D eigenvalue weighted by molar-refractivity contribution is 6.08. The first-order chi connectivity index (χ1) is 9.66. The van der Waals surface area contributed by atoms with Crippen molar-refractivity contribution in [3.05, 3.63) is 54.0 Å². The topological polar surface area (TPSA) is 62.6 Å². The monoisotopic (exact) mass is 270 g/mol. The fourth-order valence-corrected chi connectivity index (χ4v) is 2.50. The van der Waals surface area contributed by atoms with Gasteiger partial charge in [0.25, 0.3) is 5.91 Å². The Labute approximate surface area is 116 Å². The molecule has 1 aromatic heterocycles. The molecule has 5 heteroatoms. The molecule has 2 aromatic rings. The molecule has 1 atom stereocenters. The zero-order valence-corrected chi connectivity index (χ0v) is 11.0. The molecule has 0 saturated carbocycles. The second-order valence-corrected chi connectivity index (χ2v) is 4.79.